The molecule has 1 aromatic rings. The normalized spacial score (nSPS) is 33.0. The van der Waals surface area contributed by atoms with E-state index in [1.807, 2.05) is 18.7 Å². The first-order chi connectivity index (χ1) is 18.3. The Morgan fingerprint density at radius 3 is 2.26 bits per heavy atom. The van der Waals surface area contributed by atoms with Crippen molar-refractivity contribution in [2.24, 2.45) is 11.8 Å². The van der Waals surface area contributed by atoms with Crippen molar-refractivity contribution in [2.75, 3.05) is 32.7 Å². The molecule has 4 heterocycles. The number of nitrogens with zero attached hydrogens (tertiary/aromatic N) is 4. The van der Waals surface area contributed by atoms with Crippen LogP contribution in [0, 0.1) is 11.8 Å². The Morgan fingerprint density at radius 2 is 1.69 bits per heavy atom. The van der Waals surface area contributed by atoms with E-state index in [9.17, 15) is 18.4 Å². The van der Waals surface area contributed by atoms with Crippen molar-refractivity contribution in [3.8, 4) is 0 Å². The number of piperidine rings is 1. The summed E-state index contributed by atoms with van der Waals surface area (Å²) in [6.45, 7) is 6.52. The van der Waals surface area contributed by atoms with E-state index < -0.39 is 13.0 Å². The second-order valence-corrected chi connectivity index (χ2v) is 12.9. The molecule has 5 aliphatic rings. The molecule has 9 heteroatoms. The maximum atomic E-state index is 13.3. The molecule has 1 aromatic carbocycles. The Morgan fingerprint density at radius 1 is 1.03 bits per heavy atom. The fourth-order valence-electron chi connectivity index (χ4n) is 8.47. The number of amides is 3. The number of rotatable bonds is 7. The van der Waals surface area contributed by atoms with Crippen molar-refractivity contribution in [3.63, 3.8) is 0 Å². The predicted octanol–water partition coefficient (Wildman–Crippen LogP) is 5.23. The average molecular weight is 565 g/mol. The first-order valence-electron chi connectivity index (χ1n) is 14.7. The van der Waals surface area contributed by atoms with Gasteiger partial charge in [-0.05, 0) is 63.9 Å². The molecule has 4 aliphatic heterocycles. The lowest BCUT2D eigenvalue weighted by molar-refractivity contribution is -0.137. The average Bonchev–Trinajstić information content (AvgIpc) is 3.44. The fraction of sp³-hybridized carbons (Fsp3) is 0.733. The van der Waals surface area contributed by atoms with Gasteiger partial charge in [0, 0.05) is 56.1 Å². The summed E-state index contributed by atoms with van der Waals surface area (Å²) in [5, 5.41) is 0. The Balaban J connectivity index is 0.00000308. The second-order valence-electron chi connectivity index (χ2n) is 12.9. The van der Waals surface area contributed by atoms with E-state index in [4.69, 9.17) is 0 Å². The minimum atomic E-state index is -2.51. The van der Waals surface area contributed by atoms with Crippen LogP contribution in [0.25, 0.3) is 0 Å². The van der Waals surface area contributed by atoms with Crippen LogP contribution in [0.3, 0.4) is 0 Å². The Hall–Kier alpha value is -1.93. The molecule has 2 unspecified atom stereocenters. The number of carbonyl (C=O) groups is 2. The quantitative estimate of drug-likeness (QED) is 0.456. The van der Waals surface area contributed by atoms with E-state index in [0.717, 1.165) is 58.2 Å². The minimum Gasteiger partial charge on any atom is -0.341 e. The van der Waals surface area contributed by atoms with E-state index in [-0.39, 0.29) is 35.9 Å². The summed E-state index contributed by atoms with van der Waals surface area (Å²) >= 11 is 0. The van der Waals surface area contributed by atoms with Gasteiger partial charge in [0.15, 0.2) is 0 Å². The van der Waals surface area contributed by atoms with E-state index in [0.29, 0.717) is 36.4 Å². The van der Waals surface area contributed by atoms with Crippen LogP contribution >= 0.6 is 12.4 Å². The van der Waals surface area contributed by atoms with E-state index in [2.05, 4.69) is 40.1 Å². The van der Waals surface area contributed by atoms with Gasteiger partial charge in [-0.3, -0.25) is 9.69 Å². The Labute approximate surface area is 237 Å². The monoisotopic (exact) mass is 564 g/mol. The molecule has 5 fully saturated rings. The molecule has 216 valence electrons. The van der Waals surface area contributed by atoms with Gasteiger partial charge in [-0.1, -0.05) is 36.8 Å². The number of likely N-dealkylation sites (tertiary alicyclic amines) is 1. The molecule has 6 nitrogen and oxygen atoms in total. The standard InChI is InChI=1S/C30H42F2N4O2.ClH/c1-20(2)36-29(38)34(18-27(31)32)19-30(36)13-24-11-12-25(14-30)35(24)16-23-15-33(28(37)22-9-6-10-22)17-26(23)21-7-4-3-5-8-21;/h3-5,7-8,20,22-27H,6,9-19H2,1-2H3;1H/t23-,24?,25?,26-,30?;/m1./s1. The third-order valence-corrected chi connectivity index (χ3v) is 10.2. The lowest BCUT2D eigenvalue weighted by Crippen LogP contribution is -2.60. The smallest absolute Gasteiger partial charge is 0.321 e. The van der Waals surface area contributed by atoms with E-state index >= 15 is 0 Å². The summed E-state index contributed by atoms with van der Waals surface area (Å²) in [6, 6.07) is 11.1. The molecule has 1 aliphatic carbocycles. The molecule has 39 heavy (non-hydrogen) atoms. The van der Waals surface area contributed by atoms with Gasteiger partial charge in [-0.2, -0.15) is 0 Å². The molecule has 0 aromatic heterocycles. The third kappa shape index (κ3) is 5.16. The van der Waals surface area contributed by atoms with Gasteiger partial charge in [0.25, 0.3) is 6.43 Å². The number of halogens is 3. The van der Waals surface area contributed by atoms with Crippen molar-refractivity contribution in [1.29, 1.82) is 0 Å². The molecule has 6 rings (SSSR count). The fourth-order valence-corrected chi connectivity index (χ4v) is 8.47. The van der Waals surface area contributed by atoms with Crippen molar-refractivity contribution >= 4 is 24.3 Å². The van der Waals surface area contributed by atoms with Crippen LogP contribution in [0.2, 0.25) is 0 Å². The van der Waals surface area contributed by atoms with Crippen molar-refractivity contribution in [3.05, 3.63) is 35.9 Å². The van der Waals surface area contributed by atoms with Crippen molar-refractivity contribution in [2.45, 2.75) is 94.8 Å². The number of carbonyl (C=O) groups excluding carboxylic acids is 2. The highest BCUT2D eigenvalue weighted by Gasteiger charge is 2.58. The molecular weight excluding hydrogens is 522 g/mol. The van der Waals surface area contributed by atoms with E-state index in [1.54, 1.807) is 0 Å². The predicted molar refractivity (Wildman–Crippen MR) is 149 cm³/mol. The first kappa shape index (κ1) is 28.6. The number of benzene rings is 1. The summed E-state index contributed by atoms with van der Waals surface area (Å²) in [5.74, 6) is 1.27. The van der Waals surface area contributed by atoms with Crippen molar-refractivity contribution < 1.29 is 18.4 Å². The zero-order valence-electron chi connectivity index (χ0n) is 23.2. The number of fused-ring (bicyclic) bond motifs is 2. The van der Waals surface area contributed by atoms with Crippen LogP contribution in [0.15, 0.2) is 30.3 Å². The summed E-state index contributed by atoms with van der Waals surface area (Å²) in [7, 11) is 0. The Bertz CT molecular complexity index is 1030. The van der Waals surface area contributed by atoms with Crippen LogP contribution in [0.4, 0.5) is 13.6 Å². The van der Waals surface area contributed by atoms with Crippen LogP contribution in [-0.4, -0.2) is 94.4 Å². The number of hydrogen-bond donors (Lipinski definition) is 0. The van der Waals surface area contributed by atoms with E-state index in [1.165, 1.54) is 16.9 Å². The largest absolute Gasteiger partial charge is 0.341 e. The molecule has 4 atom stereocenters. The van der Waals surface area contributed by atoms with Gasteiger partial charge >= 0.3 is 6.03 Å². The zero-order valence-corrected chi connectivity index (χ0v) is 24.0. The van der Waals surface area contributed by atoms with Gasteiger partial charge in [-0.25, -0.2) is 13.6 Å². The van der Waals surface area contributed by atoms with Gasteiger partial charge in [-0.15, -0.1) is 12.4 Å². The summed E-state index contributed by atoms with van der Waals surface area (Å²) in [5.41, 5.74) is 0.959. The number of alkyl halides is 2. The third-order valence-electron chi connectivity index (χ3n) is 10.2. The maximum absolute atomic E-state index is 13.3. The van der Waals surface area contributed by atoms with Crippen LogP contribution < -0.4 is 0 Å². The summed E-state index contributed by atoms with van der Waals surface area (Å²) in [6.07, 6.45) is 4.59. The maximum Gasteiger partial charge on any atom is 0.321 e. The second kappa shape index (κ2) is 11.2. The molecule has 1 spiro atoms. The number of hydrogen-bond acceptors (Lipinski definition) is 3. The molecule has 3 amide bonds. The summed E-state index contributed by atoms with van der Waals surface area (Å²) in [4.78, 5) is 34.5. The summed E-state index contributed by atoms with van der Waals surface area (Å²) < 4.78 is 26.6. The van der Waals surface area contributed by atoms with Gasteiger partial charge < -0.3 is 14.7 Å². The molecular formula is C30H43ClF2N4O2. The molecule has 0 radical (unpaired) electrons. The van der Waals surface area contributed by atoms with Crippen molar-refractivity contribution in [1.82, 2.24) is 19.6 Å². The van der Waals surface area contributed by atoms with Crippen LogP contribution in [-0.2, 0) is 4.79 Å². The Kier molecular flexibility index (Phi) is 8.18. The minimum absolute atomic E-state index is 0. The highest BCUT2D eigenvalue weighted by Crippen LogP contribution is 2.49. The molecule has 4 saturated heterocycles. The molecule has 1 saturated carbocycles. The number of urea groups is 1. The first-order valence-corrected chi connectivity index (χ1v) is 14.7. The zero-order chi connectivity index (χ0) is 26.6. The molecule has 2 bridgehead atoms. The lowest BCUT2D eigenvalue weighted by atomic mass is 9.80. The van der Waals surface area contributed by atoms with Crippen LogP contribution in [0.1, 0.15) is 70.3 Å². The lowest BCUT2D eigenvalue weighted by Gasteiger charge is -2.50. The van der Waals surface area contributed by atoms with Crippen LogP contribution in [0.5, 0.6) is 0 Å². The topological polar surface area (TPSA) is 47.1 Å². The molecule has 0 N–H and O–H groups in total. The SMILES string of the molecule is CC(C)N1C(=O)N(CC(F)F)CC12CC1CCC(C2)N1C[C@H]1CN(C(=O)C2CCC2)C[C@@H]1c1ccccc1.Cl. The van der Waals surface area contributed by atoms with Gasteiger partial charge in [0.1, 0.15) is 0 Å². The highest BCUT2D eigenvalue weighted by atomic mass is 35.5. The van der Waals surface area contributed by atoms with Gasteiger partial charge in [0.05, 0.1) is 12.1 Å². The highest BCUT2D eigenvalue weighted by molar-refractivity contribution is 5.85. The van der Waals surface area contributed by atoms with Gasteiger partial charge in [0.2, 0.25) is 5.91 Å².